The summed E-state index contributed by atoms with van der Waals surface area (Å²) in [5.41, 5.74) is 9.99. The van der Waals surface area contributed by atoms with E-state index in [9.17, 15) is 23.7 Å². The van der Waals surface area contributed by atoms with Gasteiger partial charge >= 0.3 is 6.18 Å². The molecule has 0 N–H and O–H groups in total. The lowest BCUT2D eigenvalue weighted by Crippen LogP contribution is -2.04. The van der Waals surface area contributed by atoms with Crippen molar-refractivity contribution in [2.24, 2.45) is 0 Å². The van der Waals surface area contributed by atoms with Gasteiger partial charge < -0.3 is 4.57 Å². The minimum absolute atomic E-state index is 0.359. The second kappa shape index (κ2) is 15.7. The average Bonchev–Trinajstić information content (AvgIpc) is 3.67. The van der Waals surface area contributed by atoms with Gasteiger partial charge in [-0.05, 0) is 100 Å². The second-order valence-electron chi connectivity index (χ2n) is 15.0. The number of halogens is 3. The average molecular weight is 821 g/mol. The highest BCUT2D eigenvalue weighted by Gasteiger charge is 2.30. The summed E-state index contributed by atoms with van der Waals surface area (Å²) in [5.74, 6) is 1.27. The molecule has 0 atom stereocenters. The molecule has 0 fully saturated rings. The molecule has 6 nitrogen and oxygen atoms in total. The molecule has 10 aromatic rings. The van der Waals surface area contributed by atoms with Crippen LogP contribution in [0.2, 0.25) is 0 Å². The molecular formula is C54H31F3N6. The fraction of sp³-hybridized carbons (Fsp3) is 0.0185. The molecule has 2 heterocycles. The Morgan fingerprint density at radius 2 is 0.841 bits per heavy atom. The Kier molecular flexibility index (Phi) is 9.63. The van der Waals surface area contributed by atoms with Crippen LogP contribution in [0.5, 0.6) is 0 Å². The minimum Gasteiger partial charge on any atom is -0.309 e. The van der Waals surface area contributed by atoms with Crippen molar-refractivity contribution < 1.29 is 13.2 Å². The topological polar surface area (TPSA) is 91.2 Å². The Morgan fingerprint density at radius 3 is 1.30 bits per heavy atom. The summed E-state index contributed by atoms with van der Waals surface area (Å²) in [5, 5.41) is 20.9. The van der Waals surface area contributed by atoms with Crippen molar-refractivity contribution in [1.82, 2.24) is 19.5 Å². The Bertz CT molecular complexity index is 3250. The number of nitrogens with zero attached hydrogens (tertiary/aromatic N) is 6. The first-order valence-corrected chi connectivity index (χ1v) is 20.0. The Labute approximate surface area is 360 Å². The monoisotopic (exact) mass is 820 g/mol. The van der Waals surface area contributed by atoms with Gasteiger partial charge in [-0.2, -0.15) is 23.7 Å². The molecule has 8 aromatic carbocycles. The van der Waals surface area contributed by atoms with Crippen LogP contribution in [0, 0.1) is 22.7 Å². The molecule has 0 unspecified atom stereocenters. The summed E-state index contributed by atoms with van der Waals surface area (Å²) in [6.45, 7) is 0. The van der Waals surface area contributed by atoms with Gasteiger partial charge in [0.15, 0.2) is 17.5 Å². The molecule has 0 saturated carbocycles. The first-order chi connectivity index (χ1) is 30.7. The highest BCUT2D eigenvalue weighted by Crippen LogP contribution is 2.41. The third-order valence-corrected chi connectivity index (χ3v) is 11.2. The molecular weight excluding hydrogens is 790 g/mol. The fourth-order valence-electron chi connectivity index (χ4n) is 8.00. The zero-order valence-electron chi connectivity index (χ0n) is 33.2. The summed E-state index contributed by atoms with van der Waals surface area (Å²) >= 11 is 0. The standard InChI is InChI=1S/C54H31F3N6/c55-54(56,57)43-23-19-38(20-24-43)48-31-44(25-28-47(48)53-61-51(39-7-3-1-4-8-39)60-52(62-53)40-9-5-2-6-10-40)63-49-29-41(36-15-11-34(32-58)12-16-36)21-26-45(49)46-27-22-42(30-50(46)63)37-17-13-35(33-59)14-18-37/h1-31H. The zero-order chi connectivity index (χ0) is 43.1. The highest BCUT2D eigenvalue weighted by molar-refractivity contribution is 6.11. The lowest BCUT2D eigenvalue weighted by atomic mass is 9.97. The molecule has 0 radical (unpaired) electrons. The van der Waals surface area contributed by atoms with Gasteiger partial charge in [0.05, 0.1) is 39.9 Å². The van der Waals surface area contributed by atoms with Crippen molar-refractivity contribution >= 4 is 21.8 Å². The largest absolute Gasteiger partial charge is 0.416 e. The number of nitriles is 2. The summed E-state index contributed by atoms with van der Waals surface area (Å²) in [6, 6.07) is 62.0. The van der Waals surface area contributed by atoms with E-state index < -0.39 is 11.7 Å². The SMILES string of the molecule is N#Cc1ccc(-c2ccc3c4ccc(-c5ccc(C#N)cc5)cc4n(-c4ccc(-c5nc(-c6ccccc6)nc(-c6ccccc6)n5)c(-c5ccc(C(F)(F)F)cc5)c4)c3c2)cc1. The van der Waals surface area contributed by atoms with E-state index in [1.165, 1.54) is 12.1 Å². The molecule has 0 amide bonds. The van der Waals surface area contributed by atoms with Crippen LogP contribution in [0.3, 0.4) is 0 Å². The predicted octanol–water partition coefficient (Wildman–Crippen LogP) is 13.7. The van der Waals surface area contributed by atoms with Gasteiger partial charge in [-0.25, -0.2) is 15.0 Å². The molecule has 0 bridgehead atoms. The molecule has 0 saturated heterocycles. The number of benzene rings is 8. The molecule has 9 heteroatoms. The summed E-state index contributed by atoms with van der Waals surface area (Å²) in [6.07, 6.45) is -4.52. The molecule has 0 aliphatic heterocycles. The van der Waals surface area contributed by atoms with Gasteiger partial charge in [0, 0.05) is 33.2 Å². The van der Waals surface area contributed by atoms with E-state index in [0.717, 1.165) is 73.0 Å². The lowest BCUT2D eigenvalue weighted by Gasteiger charge is -2.16. The van der Waals surface area contributed by atoms with Crippen molar-refractivity contribution in [2.75, 3.05) is 0 Å². The van der Waals surface area contributed by atoms with Crippen molar-refractivity contribution in [3.63, 3.8) is 0 Å². The maximum Gasteiger partial charge on any atom is 0.416 e. The Hall–Kier alpha value is -8.66. The van der Waals surface area contributed by atoms with Crippen molar-refractivity contribution in [2.45, 2.75) is 6.18 Å². The van der Waals surface area contributed by atoms with Crippen LogP contribution < -0.4 is 0 Å². The molecule has 0 aliphatic rings. The number of fused-ring (bicyclic) bond motifs is 3. The Balaban J connectivity index is 1.24. The smallest absolute Gasteiger partial charge is 0.309 e. The number of aromatic nitrogens is 4. The van der Waals surface area contributed by atoms with Gasteiger partial charge in [-0.15, -0.1) is 0 Å². The van der Waals surface area contributed by atoms with Gasteiger partial charge in [-0.3, -0.25) is 0 Å². The number of hydrogen-bond acceptors (Lipinski definition) is 5. The van der Waals surface area contributed by atoms with Gasteiger partial charge in [-0.1, -0.05) is 121 Å². The molecule has 63 heavy (non-hydrogen) atoms. The van der Waals surface area contributed by atoms with Crippen molar-refractivity contribution in [1.29, 1.82) is 10.5 Å². The summed E-state index contributed by atoms with van der Waals surface area (Å²) in [7, 11) is 0. The van der Waals surface area contributed by atoms with Gasteiger partial charge in [0.2, 0.25) is 0 Å². The van der Waals surface area contributed by atoms with E-state index in [-0.39, 0.29) is 0 Å². The van der Waals surface area contributed by atoms with E-state index in [4.69, 9.17) is 15.0 Å². The van der Waals surface area contributed by atoms with E-state index in [0.29, 0.717) is 45.3 Å². The third-order valence-electron chi connectivity index (χ3n) is 11.2. The molecule has 10 rings (SSSR count). The predicted molar refractivity (Wildman–Crippen MR) is 241 cm³/mol. The molecule has 298 valence electrons. The number of alkyl halides is 3. The van der Waals surface area contributed by atoms with E-state index >= 15 is 0 Å². The number of hydrogen-bond donors (Lipinski definition) is 0. The van der Waals surface area contributed by atoms with Crippen LogP contribution >= 0.6 is 0 Å². The van der Waals surface area contributed by atoms with E-state index in [2.05, 4.69) is 53.1 Å². The molecule has 2 aromatic heterocycles. The maximum atomic E-state index is 14.0. The summed E-state index contributed by atoms with van der Waals surface area (Å²) in [4.78, 5) is 14.9. The summed E-state index contributed by atoms with van der Waals surface area (Å²) < 4.78 is 44.0. The van der Waals surface area contributed by atoms with Crippen LogP contribution in [0.25, 0.3) is 95.0 Å². The van der Waals surface area contributed by atoms with E-state index in [1.54, 1.807) is 24.3 Å². The van der Waals surface area contributed by atoms with Crippen LogP contribution in [0.1, 0.15) is 16.7 Å². The highest BCUT2D eigenvalue weighted by atomic mass is 19.4. The van der Waals surface area contributed by atoms with Crippen LogP contribution in [-0.2, 0) is 6.18 Å². The molecule has 0 spiro atoms. The van der Waals surface area contributed by atoms with E-state index in [1.807, 2.05) is 103 Å². The minimum atomic E-state index is -4.52. The second-order valence-corrected chi connectivity index (χ2v) is 15.0. The number of rotatable bonds is 7. The van der Waals surface area contributed by atoms with Crippen LogP contribution in [0.4, 0.5) is 13.2 Å². The third kappa shape index (κ3) is 7.35. The molecule has 0 aliphatic carbocycles. The van der Waals surface area contributed by atoms with Crippen LogP contribution in [0.15, 0.2) is 188 Å². The quantitative estimate of drug-likeness (QED) is 0.160. The zero-order valence-corrected chi connectivity index (χ0v) is 33.2. The van der Waals surface area contributed by atoms with Gasteiger partial charge in [0.25, 0.3) is 0 Å². The maximum absolute atomic E-state index is 14.0. The first kappa shape index (κ1) is 38.5. The van der Waals surface area contributed by atoms with Crippen molar-refractivity contribution in [3.8, 4) is 85.4 Å². The Morgan fingerprint density at radius 1 is 0.397 bits per heavy atom. The van der Waals surface area contributed by atoms with Crippen LogP contribution in [-0.4, -0.2) is 19.5 Å². The normalized spacial score (nSPS) is 11.4. The van der Waals surface area contributed by atoms with Crippen molar-refractivity contribution in [3.05, 3.63) is 205 Å². The first-order valence-electron chi connectivity index (χ1n) is 20.0. The lowest BCUT2D eigenvalue weighted by molar-refractivity contribution is -0.137. The van der Waals surface area contributed by atoms with Gasteiger partial charge in [0.1, 0.15) is 0 Å². The fourth-order valence-corrected chi connectivity index (χ4v) is 8.00.